The molecule has 0 radical (unpaired) electrons. The summed E-state index contributed by atoms with van der Waals surface area (Å²) >= 11 is 8.59. The number of rotatable bonds is 5. The molecule has 0 bridgehead atoms. The normalized spacial score (nSPS) is 13.1. The van der Waals surface area contributed by atoms with Crippen molar-refractivity contribution in [3.05, 3.63) is 79.7 Å². The molecule has 1 N–H and O–H groups in total. The summed E-state index contributed by atoms with van der Waals surface area (Å²) in [6, 6.07) is 11.7. The number of anilines is 1. The van der Waals surface area contributed by atoms with Crippen molar-refractivity contribution in [2.24, 2.45) is 0 Å². The number of carbonyl (C=O) groups excluding carboxylic acids is 1. The minimum atomic E-state index is -0.549. The topological polar surface area (TPSA) is 64.0 Å². The van der Waals surface area contributed by atoms with E-state index >= 15 is 0 Å². The SMILES string of the molecule is Cc1ccc(-n2c(SCC(=O)Nc3ccc(F)c(Cl)c3)nc3sc4c(c3c2=O)CCCC4)cc1. The largest absolute Gasteiger partial charge is 0.325 e. The number of halogens is 2. The average Bonchev–Trinajstić information content (AvgIpc) is 3.20. The highest BCUT2D eigenvalue weighted by Gasteiger charge is 2.23. The van der Waals surface area contributed by atoms with Gasteiger partial charge in [-0.05, 0) is 68.5 Å². The van der Waals surface area contributed by atoms with Crippen molar-refractivity contribution in [3.8, 4) is 5.69 Å². The highest BCUT2D eigenvalue weighted by Crippen LogP contribution is 2.35. The van der Waals surface area contributed by atoms with Gasteiger partial charge >= 0.3 is 0 Å². The van der Waals surface area contributed by atoms with E-state index in [-0.39, 0.29) is 22.2 Å². The molecule has 2 aromatic carbocycles. The smallest absolute Gasteiger partial charge is 0.267 e. The Morgan fingerprint density at radius 2 is 1.97 bits per heavy atom. The maximum Gasteiger partial charge on any atom is 0.267 e. The quantitative estimate of drug-likeness (QED) is 0.256. The first-order valence-electron chi connectivity index (χ1n) is 10.9. The number of fused-ring (bicyclic) bond motifs is 3. The van der Waals surface area contributed by atoms with Gasteiger partial charge in [-0.15, -0.1) is 11.3 Å². The van der Waals surface area contributed by atoms with E-state index in [1.54, 1.807) is 15.9 Å². The molecular weight excluding hydrogens is 493 g/mol. The molecule has 0 atom stereocenters. The van der Waals surface area contributed by atoms with Gasteiger partial charge in [-0.2, -0.15) is 0 Å². The molecule has 2 aromatic heterocycles. The number of thioether (sulfide) groups is 1. The van der Waals surface area contributed by atoms with Crippen molar-refractivity contribution in [3.63, 3.8) is 0 Å². The van der Waals surface area contributed by atoms with Crippen molar-refractivity contribution in [1.82, 2.24) is 9.55 Å². The summed E-state index contributed by atoms with van der Waals surface area (Å²) in [7, 11) is 0. The van der Waals surface area contributed by atoms with Crippen molar-refractivity contribution in [2.45, 2.75) is 37.8 Å². The van der Waals surface area contributed by atoms with E-state index in [9.17, 15) is 14.0 Å². The Morgan fingerprint density at radius 3 is 2.74 bits per heavy atom. The van der Waals surface area contributed by atoms with E-state index in [0.29, 0.717) is 21.9 Å². The Hall–Kier alpha value is -2.68. The van der Waals surface area contributed by atoms with Gasteiger partial charge in [0.15, 0.2) is 5.16 Å². The minimum absolute atomic E-state index is 0.0316. The first-order chi connectivity index (χ1) is 16.4. The molecule has 5 nitrogen and oxygen atoms in total. The summed E-state index contributed by atoms with van der Waals surface area (Å²) in [6.07, 6.45) is 4.08. The van der Waals surface area contributed by atoms with E-state index in [1.165, 1.54) is 34.8 Å². The van der Waals surface area contributed by atoms with Gasteiger partial charge < -0.3 is 5.32 Å². The zero-order valence-corrected chi connectivity index (χ0v) is 20.7. The maximum absolute atomic E-state index is 13.7. The summed E-state index contributed by atoms with van der Waals surface area (Å²) in [4.78, 5) is 33.2. The van der Waals surface area contributed by atoms with Crippen LogP contribution >= 0.6 is 34.7 Å². The molecule has 4 aromatic rings. The molecule has 34 heavy (non-hydrogen) atoms. The number of carbonyl (C=O) groups is 1. The number of hydrogen-bond acceptors (Lipinski definition) is 5. The van der Waals surface area contributed by atoms with Gasteiger partial charge in [0.05, 0.1) is 21.8 Å². The first-order valence-corrected chi connectivity index (χ1v) is 13.1. The van der Waals surface area contributed by atoms with Crippen LogP contribution in [0.4, 0.5) is 10.1 Å². The number of aromatic nitrogens is 2. The van der Waals surface area contributed by atoms with Crippen LogP contribution < -0.4 is 10.9 Å². The number of benzene rings is 2. The molecule has 1 aliphatic rings. The lowest BCUT2D eigenvalue weighted by Crippen LogP contribution is -2.23. The van der Waals surface area contributed by atoms with Gasteiger partial charge in [0.1, 0.15) is 10.6 Å². The van der Waals surface area contributed by atoms with Gasteiger partial charge in [-0.25, -0.2) is 9.37 Å². The lowest BCUT2D eigenvalue weighted by molar-refractivity contribution is -0.113. The lowest BCUT2D eigenvalue weighted by atomic mass is 9.97. The van der Waals surface area contributed by atoms with Crippen molar-refractivity contribution in [2.75, 3.05) is 11.1 Å². The molecule has 1 amide bonds. The zero-order valence-electron chi connectivity index (χ0n) is 18.4. The number of hydrogen-bond donors (Lipinski definition) is 1. The standard InChI is InChI=1S/C25H21ClFN3O2S2/c1-14-6-9-16(10-7-14)30-24(32)22-17-4-2-3-5-20(17)34-23(22)29-25(30)33-13-21(31)28-15-8-11-19(27)18(26)12-15/h6-12H,2-5,13H2,1H3,(H,28,31). The Morgan fingerprint density at radius 1 is 1.21 bits per heavy atom. The molecule has 0 unspecified atom stereocenters. The molecule has 5 rings (SSSR count). The van der Waals surface area contributed by atoms with Crippen LogP contribution in [0.25, 0.3) is 15.9 Å². The molecule has 0 fully saturated rings. The Bertz CT molecular complexity index is 1460. The van der Waals surface area contributed by atoms with Crippen LogP contribution in [0.5, 0.6) is 0 Å². The number of nitrogens with zero attached hydrogens (tertiary/aromatic N) is 2. The highest BCUT2D eigenvalue weighted by molar-refractivity contribution is 7.99. The van der Waals surface area contributed by atoms with Crippen molar-refractivity contribution in [1.29, 1.82) is 0 Å². The highest BCUT2D eigenvalue weighted by atomic mass is 35.5. The molecular formula is C25H21ClFN3O2S2. The third kappa shape index (κ3) is 4.50. The average molecular weight is 514 g/mol. The summed E-state index contributed by atoms with van der Waals surface area (Å²) in [6.45, 7) is 1.99. The molecule has 0 saturated heterocycles. The van der Waals surface area contributed by atoms with E-state index in [0.717, 1.165) is 41.6 Å². The number of thiophene rings is 1. The van der Waals surface area contributed by atoms with Gasteiger partial charge in [0.25, 0.3) is 5.56 Å². The molecule has 9 heteroatoms. The van der Waals surface area contributed by atoms with Crippen molar-refractivity contribution >= 4 is 56.5 Å². The third-order valence-corrected chi connectivity index (χ3v) is 8.20. The van der Waals surface area contributed by atoms with Crippen LogP contribution in [-0.2, 0) is 17.6 Å². The number of aryl methyl sites for hydroxylation is 3. The second-order valence-corrected chi connectivity index (χ2v) is 10.7. The van der Waals surface area contributed by atoms with E-state index in [2.05, 4.69) is 5.32 Å². The predicted octanol–water partition coefficient (Wildman–Crippen LogP) is 6.16. The molecule has 0 aliphatic heterocycles. The van der Waals surface area contributed by atoms with Crippen LogP contribution in [0.15, 0.2) is 52.4 Å². The van der Waals surface area contributed by atoms with Crippen LogP contribution in [-0.4, -0.2) is 21.2 Å². The second-order valence-electron chi connectivity index (χ2n) is 8.23. The maximum atomic E-state index is 13.7. The van der Waals surface area contributed by atoms with Gasteiger partial charge in [0.2, 0.25) is 5.91 Å². The van der Waals surface area contributed by atoms with E-state index in [4.69, 9.17) is 16.6 Å². The predicted molar refractivity (Wildman–Crippen MR) is 137 cm³/mol. The summed E-state index contributed by atoms with van der Waals surface area (Å²) in [5.74, 6) is -0.820. The fourth-order valence-corrected chi connectivity index (χ4v) is 6.40. The molecule has 0 saturated carbocycles. The van der Waals surface area contributed by atoms with Crippen LogP contribution in [0, 0.1) is 12.7 Å². The van der Waals surface area contributed by atoms with Gasteiger partial charge in [0, 0.05) is 10.6 Å². The van der Waals surface area contributed by atoms with Crippen LogP contribution in [0.3, 0.4) is 0 Å². The Kier molecular flexibility index (Phi) is 6.46. The van der Waals surface area contributed by atoms with Crippen molar-refractivity contribution < 1.29 is 9.18 Å². The van der Waals surface area contributed by atoms with Crippen LogP contribution in [0.2, 0.25) is 5.02 Å². The summed E-state index contributed by atoms with van der Waals surface area (Å²) < 4.78 is 15.0. The van der Waals surface area contributed by atoms with Gasteiger partial charge in [-0.3, -0.25) is 14.2 Å². The molecule has 174 valence electrons. The Balaban J connectivity index is 1.50. The summed E-state index contributed by atoms with van der Waals surface area (Å²) in [5.41, 5.74) is 3.25. The van der Waals surface area contributed by atoms with E-state index < -0.39 is 5.82 Å². The number of amides is 1. The molecule has 2 heterocycles. The van der Waals surface area contributed by atoms with Crippen LogP contribution in [0.1, 0.15) is 28.8 Å². The summed E-state index contributed by atoms with van der Waals surface area (Å²) in [5, 5.41) is 3.82. The molecule has 0 spiro atoms. The zero-order chi connectivity index (χ0) is 23.8. The van der Waals surface area contributed by atoms with Gasteiger partial charge in [-0.1, -0.05) is 41.1 Å². The fourth-order valence-electron chi connectivity index (χ4n) is 4.11. The monoisotopic (exact) mass is 513 g/mol. The first kappa shape index (κ1) is 23.1. The second kappa shape index (κ2) is 9.52. The fraction of sp³-hybridized carbons (Fsp3) is 0.240. The Labute approximate surface area is 209 Å². The lowest BCUT2D eigenvalue weighted by Gasteiger charge is -2.14. The third-order valence-electron chi connectivity index (χ3n) is 5.79. The van der Waals surface area contributed by atoms with E-state index in [1.807, 2.05) is 31.2 Å². The molecule has 1 aliphatic carbocycles. The minimum Gasteiger partial charge on any atom is -0.325 e. The number of nitrogens with one attached hydrogen (secondary N) is 1.